The number of nitrogens with one attached hydrogen (secondary N) is 1. The predicted octanol–water partition coefficient (Wildman–Crippen LogP) is -0.540. The maximum absolute atomic E-state index is 11.3. The number of amides is 1. The molecule has 0 radical (unpaired) electrons. The molecule has 0 aromatic heterocycles. The lowest BCUT2D eigenvalue weighted by atomic mass is 10.00. The minimum atomic E-state index is -2.68. The predicted molar refractivity (Wildman–Crippen MR) is 76.9 cm³/mol. The topological polar surface area (TPSA) is 139 Å². The molecular formula is C14H21NO7. The highest BCUT2D eigenvalue weighted by Gasteiger charge is 2.23. The van der Waals surface area contributed by atoms with Crippen LogP contribution in [0.2, 0.25) is 0 Å². The van der Waals surface area contributed by atoms with Crippen LogP contribution in [0.1, 0.15) is 30.9 Å². The molecule has 0 saturated carbocycles. The minimum Gasteiger partial charge on any atom is -0.494 e. The fraction of sp³-hybridized carbons (Fsp3) is 0.500. The van der Waals surface area contributed by atoms with Crippen LogP contribution < -0.4 is 10.1 Å². The molecule has 0 aliphatic carbocycles. The molecule has 1 atom stereocenters. The van der Waals surface area contributed by atoms with Crippen molar-refractivity contribution in [2.75, 3.05) is 19.0 Å². The first-order chi connectivity index (χ1) is 10.3. The molecule has 2 rings (SSSR count). The van der Waals surface area contributed by atoms with E-state index in [1.807, 2.05) is 0 Å². The molecule has 22 heavy (non-hydrogen) atoms. The molecule has 1 unspecified atom stereocenters. The number of aliphatic hydroxyl groups is 5. The standard InChI is InChI=1S/C13H17NO6.CH4O/c15-11-7-12(16)14-10-6-8(2-3-9(10)11)20-5-1-4-13(17,18)19;1-2/h2-3,6,11,15,17-19H,1,4-5,7H2,(H,14,16);2H,1H3. The Bertz CT molecular complexity index is 498. The summed E-state index contributed by atoms with van der Waals surface area (Å²) in [5.41, 5.74) is 1.14. The number of hydrogen-bond donors (Lipinski definition) is 6. The van der Waals surface area contributed by atoms with Crippen molar-refractivity contribution >= 4 is 11.6 Å². The molecule has 0 spiro atoms. The van der Waals surface area contributed by atoms with Gasteiger partial charge >= 0.3 is 0 Å². The highest BCUT2D eigenvalue weighted by molar-refractivity contribution is 5.94. The summed E-state index contributed by atoms with van der Waals surface area (Å²) in [5, 5.41) is 45.5. The Morgan fingerprint density at radius 2 is 2.00 bits per heavy atom. The Balaban J connectivity index is 0.00000116. The first-order valence-corrected chi connectivity index (χ1v) is 6.72. The van der Waals surface area contributed by atoms with Gasteiger partial charge in [0, 0.05) is 25.2 Å². The van der Waals surface area contributed by atoms with Crippen molar-refractivity contribution in [2.24, 2.45) is 0 Å². The van der Waals surface area contributed by atoms with Gasteiger partial charge in [-0.05, 0) is 12.5 Å². The van der Waals surface area contributed by atoms with Gasteiger partial charge in [0.25, 0.3) is 5.97 Å². The van der Waals surface area contributed by atoms with E-state index in [4.69, 9.17) is 25.2 Å². The van der Waals surface area contributed by atoms with E-state index in [1.54, 1.807) is 18.2 Å². The Hall–Kier alpha value is -1.71. The van der Waals surface area contributed by atoms with Crippen LogP contribution in [0.5, 0.6) is 5.75 Å². The fourth-order valence-electron chi connectivity index (χ4n) is 2.01. The van der Waals surface area contributed by atoms with Crippen LogP contribution in [-0.2, 0) is 4.79 Å². The Morgan fingerprint density at radius 1 is 1.32 bits per heavy atom. The van der Waals surface area contributed by atoms with Gasteiger partial charge in [-0.1, -0.05) is 6.07 Å². The van der Waals surface area contributed by atoms with E-state index in [2.05, 4.69) is 5.32 Å². The van der Waals surface area contributed by atoms with Crippen molar-refractivity contribution in [1.29, 1.82) is 0 Å². The third-order valence-corrected chi connectivity index (χ3v) is 2.96. The largest absolute Gasteiger partial charge is 0.494 e. The normalized spacial score (nSPS) is 17.0. The molecule has 1 aromatic rings. The number of carbonyl (C=O) groups is 1. The maximum atomic E-state index is 11.3. The van der Waals surface area contributed by atoms with Gasteiger partial charge in [0.1, 0.15) is 5.75 Å². The highest BCUT2D eigenvalue weighted by Crippen LogP contribution is 2.33. The number of carbonyl (C=O) groups excluding carboxylic acids is 1. The monoisotopic (exact) mass is 315 g/mol. The molecular weight excluding hydrogens is 294 g/mol. The van der Waals surface area contributed by atoms with Gasteiger partial charge in [0.05, 0.1) is 24.8 Å². The molecule has 1 heterocycles. The lowest BCUT2D eigenvalue weighted by Crippen LogP contribution is -2.27. The zero-order chi connectivity index (χ0) is 16.8. The van der Waals surface area contributed by atoms with E-state index in [-0.39, 0.29) is 31.8 Å². The zero-order valence-corrected chi connectivity index (χ0v) is 12.2. The van der Waals surface area contributed by atoms with Gasteiger partial charge in [0.15, 0.2) is 0 Å². The maximum Gasteiger partial charge on any atom is 0.275 e. The Morgan fingerprint density at radius 3 is 2.64 bits per heavy atom. The van der Waals surface area contributed by atoms with Crippen molar-refractivity contribution in [3.63, 3.8) is 0 Å². The van der Waals surface area contributed by atoms with Gasteiger partial charge in [-0.15, -0.1) is 0 Å². The molecule has 1 amide bonds. The van der Waals surface area contributed by atoms with Gasteiger partial charge in [-0.25, -0.2) is 0 Å². The number of rotatable bonds is 5. The Labute approximate surface area is 127 Å². The number of hydrogen-bond acceptors (Lipinski definition) is 7. The Kier molecular flexibility index (Phi) is 6.72. The van der Waals surface area contributed by atoms with Gasteiger partial charge < -0.3 is 35.6 Å². The second kappa shape index (κ2) is 8.06. The number of anilines is 1. The first-order valence-electron chi connectivity index (χ1n) is 6.72. The number of ether oxygens (including phenoxy) is 1. The quantitative estimate of drug-likeness (QED) is 0.317. The van der Waals surface area contributed by atoms with Crippen LogP contribution in [0.25, 0.3) is 0 Å². The van der Waals surface area contributed by atoms with Gasteiger partial charge in [0.2, 0.25) is 5.91 Å². The summed E-state index contributed by atoms with van der Waals surface area (Å²) >= 11 is 0. The highest BCUT2D eigenvalue weighted by atomic mass is 16.7. The van der Waals surface area contributed by atoms with Crippen LogP contribution in [-0.4, -0.2) is 51.1 Å². The van der Waals surface area contributed by atoms with Crippen LogP contribution in [0.3, 0.4) is 0 Å². The van der Waals surface area contributed by atoms with Crippen molar-refractivity contribution in [1.82, 2.24) is 0 Å². The van der Waals surface area contributed by atoms with Crippen LogP contribution in [0, 0.1) is 0 Å². The van der Waals surface area contributed by atoms with E-state index >= 15 is 0 Å². The van der Waals surface area contributed by atoms with Gasteiger partial charge in [-0.3, -0.25) is 4.79 Å². The fourth-order valence-corrected chi connectivity index (χ4v) is 2.01. The summed E-state index contributed by atoms with van der Waals surface area (Å²) in [5.74, 6) is -2.46. The van der Waals surface area contributed by atoms with E-state index in [0.29, 0.717) is 17.0 Å². The molecule has 0 saturated heterocycles. The van der Waals surface area contributed by atoms with Crippen molar-refractivity contribution in [3.05, 3.63) is 23.8 Å². The molecule has 0 bridgehead atoms. The second-order valence-corrected chi connectivity index (χ2v) is 4.74. The molecule has 1 aromatic carbocycles. The van der Waals surface area contributed by atoms with E-state index < -0.39 is 12.1 Å². The lowest BCUT2D eigenvalue weighted by molar-refractivity contribution is -0.315. The van der Waals surface area contributed by atoms with Crippen molar-refractivity contribution < 1.29 is 35.1 Å². The number of aliphatic hydroxyl groups excluding tert-OH is 2. The van der Waals surface area contributed by atoms with Crippen molar-refractivity contribution in [3.8, 4) is 5.75 Å². The third-order valence-electron chi connectivity index (χ3n) is 2.96. The minimum absolute atomic E-state index is 0.0405. The number of fused-ring (bicyclic) bond motifs is 1. The van der Waals surface area contributed by atoms with Gasteiger partial charge in [-0.2, -0.15) is 0 Å². The second-order valence-electron chi connectivity index (χ2n) is 4.74. The van der Waals surface area contributed by atoms with E-state index in [1.165, 1.54) is 0 Å². The lowest BCUT2D eigenvalue weighted by Gasteiger charge is -2.22. The SMILES string of the molecule is CO.O=C1CC(O)c2ccc(OCCCC(O)(O)O)cc2N1. The number of benzene rings is 1. The third kappa shape index (κ3) is 5.58. The molecule has 124 valence electrons. The summed E-state index contributed by atoms with van der Waals surface area (Å²) < 4.78 is 5.37. The van der Waals surface area contributed by atoms with E-state index in [0.717, 1.165) is 7.11 Å². The first kappa shape index (κ1) is 18.3. The average Bonchev–Trinajstić information content (AvgIpc) is 2.44. The molecule has 8 heteroatoms. The molecule has 0 fully saturated rings. The van der Waals surface area contributed by atoms with Crippen LogP contribution in [0.4, 0.5) is 5.69 Å². The molecule has 1 aliphatic rings. The molecule has 1 aliphatic heterocycles. The summed E-state index contributed by atoms with van der Waals surface area (Å²) in [6, 6.07) is 4.92. The average molecular weight is 315 g/mol. The van der Waals surface area contributed by atoms with Crippen LogP contribution >= 0.6 is 0 Å². The zero-order valence-electron chi connectivity index (χ0n) is 12.2. The molecule has 8 nitrogen and oxygen atoms in total. The van der Waals surface area contributed by atoms with Crippen LogP contribution in [0.15, 0.2) is 18.2 Å². The van der Waals surface area contributed by atoms with E-state index in [9.17, 15) is 9.90 Å². The smallest absolute Gasteiger partial charge is 0.275 e. The summed E-state index contributed by atoms with van der Waals surface area (Å²) in [6.45, 7) is 0.179. The summed E-state index contributed by atoms with van der Waals surface area (Å²) in [4.78, 5) is 11.3. The summed E-state index contributed by atoms with van der Waals surface area (Å²) in [6.07, 6.45) is -0.756. The van der Waals surface area contributed by atoms with Crippen molar-refractivity contribution in [2.45, 2.75) is 31.3 Å². The summed E-state index contributed by atoms with van der Waals surface area (Å²) in [7, 11) is 1.00. The molecule has 6 N–H and O–H groups in total.